The molecule has 138 valence electrons. The maximum absolute atomic E-state index is 14.1. The highest BCUT2D eigenvalue weighted by molar-refractivity contribution is 9.10. The Morgan fingerprint density at radius 3 is 2.39 bits per heavy atom. The molecule has 0 aliphatic heterocycles. The lowest BCUT2D eigenvalue weighted by Crippen LogP contribution is -2.13. The topological polar surface area (TPSA) is 42.0 Å². The molecule has 0 saturated carbocycles. The van der Waals surface area contributed by atoms with Gasteiger partial charge in [-0.25, -0.2) is 9.37 Å². The van der Waals surface area contributed by atoms with E-state index in [1.807, 2.05) is 47.8 Å². The normalized spacial score (nSPS) is 10.6. The van der Waals surface area contributed by atoms with Crippen LogP contribution in [-0.4, -0.2) is 10.9 Å². The number of amides is 1. The molecule has 0 spiro atoms. The van der Waals surface area contributed by atoms with Crippen molar-refractivity contribution in [2.24, 2.45) is 0 Å². The first-order valence-electron chi connectivity index (χ1n) is 8.49. The quantitative estimate of drug-likeness (QED) is 0.377. The van der Waals surface area contributed by atoms with Crippen molar-refractivity contribution < 1.29 is 9.18 Å². The maximum Gasteiger partial charge on any atom is 0.256 e. The first kappa shape index (κ1) is 18.5. The molecule has 28 heavy (non-hydrogen) atoms. The van der Waals surface area contributed by atoms with Gasteiger partial charge in [0, 0.05) is 21.0 Å². The maximum atomic E-state index is 14.1. The summed E-state index contributed by atoms with van der Waals surface area (Å²) in [6, 6.07) is 21.2. The molecule has 3 aromatic carbocycles. The first-order valence-corrected chi connectivity index (χ1v) is 10.2. The van der Waals surface area contributed by atoms with Crippen LogP contribution in [0.5, 0.6) is 0 Å². The van der Waals surface area contributed by atoms with Crippen LogP contribution in [-0.2, 0) is 0 Å². The number of rotatable bonds is 4. The number of para-hydroxylation sites is 1. The average molecular weight is 453 g/mol. The van der Waals surface area contributed by atoms with Crippen LogP contribution >= 0.6 is 27.3 Å². The number of nitrogens with zero attached hydrogens (tertiary/aromatic N) is 1. The SMILES string of the molecule is O=C(Nc1ccccc1-c1csc(-c2ccccc2F)n1)c1ccccc1Br. The van der Waals surface area contributed by atoms with E-state index in [0.29, 0.717) is 27.5 Å². The second kappa shape index (κ2) is 8.04. The molecular formula is C22H14BrFN2OS. The molecule has 0 fully saturated rings. The van der Waals surface area contributed by atoms with Crippen molar-refractivity contribution in [3.05, 3.63) is 94.0 Å². The van der Waals surface area contributed by atoms with Gasteiger partial charge in [-0.15, -0.1) is 11.3 Å². The van der Waals surface area contributed by atoms with Gasteiger partial charge in [0.1, 0.15) is 10.8 Å². The Labute approximate surface area is 174 Å². The van der Waals surface area contributed by atoms with Crippen molar-refractivity contribution in [2.45, 2.75) is 0 Å². The molecule has 1 N–H and O–H groups in total. The molecule has 4 aromatic rings. The van der Waals surface area contributed by atoms with Crippen molar-refractivity contribution >= 4 is 38.9 Å². The highest BCUT2D eigenvalue weighted by Gasteiger charge is 2.15. The Morgan fingerprint density at radius 2 is 1.61 bits per heavy atom. The second-order valence-electron chi connectivity index (χ2n) is 6.00. The van der Waals surface area contributed by atoms with Crippen LogP contribution in [0, 0.1) is 5.82 Å². The third-order valence-electron chi connectivity index (χ3n) is 4.18. The lowest BCUT2D eigenvalue weighted by molar-refractivity contribution is 0.102. The van der Waals surface area contributed by atoms with E-state index < -0.39 is 0 Å². The minimum atomic E-state index is -0.307. The molecule has 0 atom stereocenters. The summed E-state index contributed by atoms with van der Waals surface area (Å²) in [5.41, 5.74) is 3.12. The summed E-state index contributed by atoms with van der Waals surface area (Å²) in [6.07, 6.45) is 0. The molecule has 0 saturated heterocycles. The molecule has 0 radical (unpaired) electrons. The second-order valence-corrected chi connectivity index (χ2v) is 7.71. The van der Waals surface area contributed by atoms with Gasteiger partial charge < -0.3 is 5.32 Å². The van der Waals surface area contributed by atoms with E-state index in [1.54, 1.807) is 24.3 Å². The van der Waals surface area contributed by atoms with Gasteiger partial charge in [0.2, 0.25) is 0 Å². The van der Waals surface area contributed by atoms with E-state index in [9.17, 15) is 9.18 Å². The minimum Gasteiger partial charge on any atom is -0.321 e. The highest BCUT2D eigenvalue weighted by atomic mass is 79.9. The van der Waals surface area contributed by atoms with Crippen molar-refractivity contribution in [2.75, 3.05) is 5.32 Å². The Hall–Kier alpha value is -2.83. The van der Waals surface area contributed by atoms with E-state index in [0.717, 1.165) is 10.0 Å². The van der Waals surface area contributed by atoms with Crippen molar-refractivity contribution in [1.82, 2.24) is 4.98 Å². The lowest BCUT2D eigenvalue weighted by Gasteiger charge is -2.10. The average Bonchev–Trinajstić information content (AvgIpc) is 3.19. The Morgan fingerprint density at radius 1 is 0.929 bits per heavy atom. The van der Waals surface area contributed by atoms with Gasteiger partial charge in [-0.1, -0.05) is 42.5 Å². The summed E-state index contributed by atoms with van der Waals surface area (Å²) >= 11 is 4.77. The summed E-state index contributed by atoms with van der Waals surface area (Å²) in [5, 5.41) is 5.41. The summed E-state index contributed by atoms with van der Waals surface area (Å²) in [5.74, 6) is -0.525. The zero-order valence-corrected chi connectivity index (χ0v) is 16.9. The van der Waals surface area contributed by atoms with Gasteiger partial charge in [0.15, 0.2) is 0 Å². The van der Waals surface area contributed by atoms with Crippen LogP contribution in [0.15, 0.2) is 82.6 Å². The summed E-state index contributed by atoms with van der Waals surface area (Å²) in [6.45, 7) is 0. The molecule has 0 bridgehead atoms. The van der Waals surface area contributed by atoms with Gasteiger partial charge >= 0.3 is 0 Å². The molecule has 1 aromatic heterocycles. The van der Waals surface area contributed by atoms with Crippen LogP contribution in [0.2, 0.25) is 0 Å². The van der Waals surface area contributed by atoms with Gasteiger partial charge in [-0.2, -0.15) is 0 Å². The number of anilines is 1. The van der Waals surface area contributed by atoms with Crippen LogP contribution < -0.4 is 5.32 Å². The number of benzene rings is 3. The minimum absolute atomic E-state index is 0.218. The van der Waals surface area contributed by atoms with E-state index in [2.05, 4.69) is 26.2 Å². The highest BCUT2D eigenvalue weighted by Crippen LogP contribution is 2.34. The molecule has 0 unspecified atom stereocenters. The van der Waals surface area contributed by atoms with Crippen LogP contribution in [0.4, 0.5) is 10.1 Å². The molecule has 0 aliphatic rings. The van der Waals surface area contributed by atoms with Gasteiger partial charge in [-0.05, 0) is 46.3 Å². The number of thiazole rings is 1. The number of carbonyl (C=O) groups excluding carboxylic acids is 1. The zero-order valence-electron chi connectivity index (χ0n) is 14.5. The Bertz CT molecular complexity index is 1160. The first-order chi connectivity index (χ1) is 13.6. The third-order valence-corrected chi connectivity index (χ3v) is 5.75. The number of aromatic nitrogens is 1. The van der Waals surface area contributed by atoms with E-state index in [1.165, 1.54) is 17.4 Å². The van der Waals surface area contributed by atoms with Crippen molar-refractivity contribution in [3.63, 3.8) is 0 Å². The molecule has 1 amide bonds. The zero-order chi connectivity index (χ0) is 19.5. The Kier molecular flexibility index (Phi) is 5.32. The Balaban J connectivity index is 1.67. The molecular weight excluding hydrogens is 439 g/mol. The van der Waals surface area contributed by atoms with Gasteiger partial charge in [0.25, 0.3) is 5.91 Å². The number of hydrogen-bond donors (Lipinski definition) is 1. The van der Waals surface area contributed by atoms with E-state index >= 15 is 0 Å². The van der Waals surface area contributed by atoms with Gasteiger partial charge in [0.05, 0.1) is 16.9 Å². The fourth-order valence-corrected chi connectivity index (χ4v) is 4.12. The monoisotopic (exact) mass is 452 g/mol. The summed E-state index contributed by atoms with van der Waals surface area (Å²) < 4.78 is 14.8. The summed E-state index contributed by atoms with van der Waals surface area (Å²) in [7, 11) is 0. The van der Waals surface area contributed by atoms with Crippen molar-refractivity contribution in [3.8, 4) is 21.8 Å². The number of halogens is 2. The smallest absolute Gasteiger partial charge is 0.256 e. The van der Waals surface area contributed by atoms with Crippen molar-refractivity contribution in [1.29, 1.82) is 0 Å². The van der Waals surface area contributed by atoms with Crippen LogP contribution in [0.3, 0.4) is 0 Å². The molecule has 1 heterocycles. The van der Waals surface area contributed by atoms with Gasteiger partial charge in [-0.3, -0.25) is 4.79 Å². The molecule has 6 heteroatoms. The molecule has 3 nitrogen and oxygen atoms in total. The fourth-order valence-electron chi connectivity index (χ4n) is 2.81. The molecule has 4 rings (SSSR count). The predicted molar refractivity (Wildman–Crippen MR) is 115 cm³/mol. The van der Waals surface area contributed by atoms with Crippen LogP contribution in [0.1, 0.15) is 10.4 Å². The lowest BCUT2D eigenvalue weighted by atomic mass is 10.1. The number of carbonyl (C=O) groups is 1. The van der Waals surface area contributed by atoms with E-state index in [-0.39, 0.29) is 11.7 Å². The fraction of sp³-hybridized carbons (Fsp3) is 0. The standard InChI is InChI=1S/C22H14BrFN2OS/c23-17-10-4-1-7-14(17)21(27)25-19-12-6-3-9-16(19)20-13-28-22(26-20)15-8-2-5-11-18(15)24/h1-13H,(H,25,27). The number of hydrogen-bond acceptors (Lipinski definition) is 3. The molecule has 0 aliphatic carbocycles. The predicted octanol–water partition coefficient (Wildman–Crippen LogP) is 6.63. The third kappa shape index (κ3) is 3.74. The summed E-state index contributed by atoms with van der Waals surface area (Å²) in [4.78, 5) is 17.3. The largest absolute Gasteiger partial charge is 0.321 e. The van der Waals surface area contributed by atoms with E-state index in [4.69, 9.17) is 0 Å². The van der Waals surface area contributed by atoms with Crippen LogP contribution in [0.25, 0.3) is 21.8 Å². The number of nitrogens with one attached hydrogen (secondary N) is 1.